The Morgan fingerprint density at radius 3 is 2.46 bits per heavy atom. The second kappa shape index (κ2) is 7.97. The van der Waals surface area contributed by atoms with E-state index in [-0.39, 0.29) is 11.8 Å². The lowest BCUT2D eigenvalue weighted by Gasteiger charge is -2.07. The van der Waals surface area contributed by atoms with Crippen molar-refractivity contribution in [1.82, 2.24) is 10.2 Å². The topological polar surface area (TPSA) is 86.9 Å². The van der Waals surface area contributed by atoms with E-state index in [0.29, 0.717) is 27.9 Å². The summed E-state index contributed by atoms with van der Waals surface area (Å²) in [6, 6.07) is 12.4. The average molecular weight is 368 g/mol. The molecule has 3 rings (SSSR count). The molecular weight excluding hydrogens is 348 g/mol. The van der Waals surface area contributed by atoms with Gasteiger partial charge in [-0.05, 0) is 48.1 Å². The van der Waals surface area contributed by atoms with Gasteiger partial charge < -0.3 is 10.6 Å². The summed E-state index contributed by atoms with van der Waals surface area (Å²) in [4.78, 5) is 25.1. The highest BCUT2D eigenvalue weighted by Gasteiger charge is 2.12. The molecule has 2 amide bonds. The van der Waals surface area contributed by atoms with Crippen molar-refractivity contribution in [2.24, 2.45) is 5.92 Å². The maximum atomic E-state index is 12.4. The van der Waals surface area contributed by atoms with E-state index in [4.69, 9.17) is 0 Å². The van der Waals surface area contributed by atoms with Crippen molar-refractivity contribution in [2.75, 3.05) is 10.6 Å². The van der Waals surface area contributed by atoms with Gasteiger partial charge in [0.15, 0.2) is 5.69 Å². The summed E-state index contributed by atoms with van der Waals surface area (Å²) in [5.74, 6) is 0.0158. The van der Waals surface area contributed by atoms with Gasteiger partial charge in [0.2, 0.25) is 0 Å². The van der Waals surface area contributed by atoms with E-state index in [1.165, 1.54) is 11.3 Å². The van der Waals surface area contributed by atoms with Crippen molar-refractivity contribution in [2.45, 2.75) is 20.3 Å². The summed E-state index contributed by atoms with van der Waals surface area (Å²) < 4.78 is 0. The highest BCUT2D eigenvalue weighted by molar-refractivity contribution is 7.12. The summed E-state index contributed by atoms with van der Waals surface area (Å²) in [5, 5.41) is 14.4. The van der Waals surface area contributed by atoms with Crippen LogP contribution in [0.3, 0.4) is 0 Å². The van der Waals surface area contributed by atoms with Crippen molar-refractivity contribution in [3.63, 3.8) is 0 Å². The smallest absolute Gasteiger partial charge is 0.276 e. The van der Waals surface area contributed by atoms with Gasteiger partial charge in [-0.3, -0.25) is 14.7 Å². The van der Waals surface area contributed by atoms with Crippen LogP contribution in [0.5, 0.6) is 0 Å². The van der Waals surface area contributed by atoms with Gasteiger partial charge in [-0.15, -0.1) is 11.3 Å². The predicted octanol–water partition coefficient (Wildman–Crippen LogP) is 4.17. The van der Waals surface area contributed by atoms with E-state index in [2.05, 4.69) is 34.7 Å². The first kappa shape index (κ1) is 17.9. The first-order valence-corrected chi connectivity index (χ1v) is 9.20. The van der Waals surface area contributed by atoms with Gasteiger partial charge in [0, 0.05) is 17.1 Å². The zero-order valence-electron chi connectivity index (χ0n) is 14.6. The Hall–Kier alpha value is -2.93. The van der Waals surface area contributed by atoms with Crippen LogP contribution in [0.1, 0.15) is 39.7 Å². The number of amides is 2. The number of carbonyl (C=O) groups is 2. The number of nitrogens with zero attached hydrogens (tertiary/aromatic N) is 1. The number of thiophene rings is 1. The van der Waals surface area contributed by atoms with E-state index in [0.717, 1.165) is 12.1 Å². The Bertz CT molecular complexity index is 900. The molecule has 0 aliphatic carbocycles. The van der Waals surface area contributed by atoms with E-state index >= 15 is 0 Å². The third-order valence-electron chi connectivity index (χ3n) is 3.61. The first-order chi connectivity index (χ1) is 12.5. The van der Waals surface area contributed by atoms with Crippen LogP contribution in [0.4, 0.5) is 11.4 Å². The molecule has 0 fully saturated rings. The van der Waals surface area contributed by atoms with Gasteiger partial charge in [-0.1, -0.05) is 26.0 Å². The molecule has 2 heterocycles. The Balaban J connectivity index is 1.65. The van der Waals surface area contributed by atoms with Crippen LogP contribution in [0.25, 0.3) is 0 Å². The second-order valence-corrected chi connectivity index (χ2v) is 7.29. The van der Waals surface area contributed by atoms with Crippen LogP contribution < -0.4 is 10.6 Å². The molecule has 0 saturated carbocycles. The molecule has 3 aromatic rings. The number of aromatic amines is 1. The quantitative estimate of drug-likeness (QED) is 0.610. The maximum absolute atomic E-state index is 12.4. The molecule has 0 spiro atoms. The number of H-pyrrole nitrogens is 1. The normalized spacial score (nSPS) is 10.7. The number of nitrogens with one attached hydrogen (secondary N) is 3. The number of hydrogen-bond acceptors (Lipinski definition) is 4. The Morgan fingerprint density at radius 1 is 1.08 bits per heavy atom. The molecule has 0 aliphatic rings. The Labute approximate surface area is 155 Å². The number of hydrogen-bond donors (Lipinski definition) is 3. The minimum Gasteiger partial charge on any atom is -0.321 e. The van der Waals surface area contributed by atoms with E-state index in [9.17, 15) is 9.59 Å². The molecule has 0 unspecified atom stereocenters. The maximum Gasteiger partial charge on any atom is 0.276 e. The molecule has 26 heavy (non-hydrogen) atoms. The zero-order chi connectivity index (χ0) is 18.5. The molecule has 0 atom stereocenters. The minimum atomic E-state index is -0.294. The molecular formula is C19H20N4O2S. The van der Waals surface area contributed by atoms with Crippen LogP contribution >= 0.6 is 11.3 Å². The van der Waals surface area contributed by atoms with Crippen molar-refractivity contribution in [1.29, 1.82) is 0 Å². The number of benzene rings is 1. The van der Waals surface area contributed by atoms with Gasteiger partial charge in [0.05, 0.1) is 4.88 Å². The number of aromatic nitrogens is 2. The molecule has 0 saturated heterocycles. The van der Waals surface area contributed by atoms with Gasteiger partial charge in [0.25, 0.3) is 11.8 Å². The van der Waals surface area contributed by atoms with Crippen LogP contribution in [0, 0.1) is 5.92 Å². The van der Waals surface area contributed by atoms with Crippen LogP contribution in [-0.4, -0.2) is 22.0 Å². The summed E-state index contributed by atoms with van der Waals surface area (Å²) in [6.45, 7) is 4.22. The van der Waals surface area contributed by atoms with Gasteiger partial charge in [-0.2, -0.15) is 5.10 Å². The monoisotopic (exact) mass is 368 g/mol. The summed E-state index contributed by atoms with van der Waals surface area (Å²) >= 11 is 1.38. The second-order valence-electron chi connectivity index (χ2n) is 6.34. The standard InChI is InChI=1S/C19H20N4O2S/c1-12(2)9-15-11-16(23-22-15)18(24)20-13-5-3-6-14(10-13)21-19(25)17-7-4-8-26-17/h3-8,10-12H,9H2,1-2H3,(H,20,24)(H,21,25)(H,22,23). The fraction of sp³-hybridized carbons (Fsp3) is 0.211. The third-order valence-corrected chi connectivity index (χ3v) is 4.48. The largest absolute Gasteiger partial charge is 0.321 e. The van der Waals surface area contributed by atoms with Crippen LogP contribution in [0.15, 0.2) is 47.8 Å². The zero-order valence-corrected chi connectivity index (χ0v) is 15.4. The summed E-state index contributed by atoms with van der Waals surface area (Å²) in [6.07, 6.45) is 0.838. The van der Waals surface area contributed by atoms with E-state index < -0.39 is 0 Å². The predicted molar refractivity (Wildman–Crippen MR) is 104 cm³/mol. The van der Waals surface area contributed by atoms with Crippen molar-refractivity contribution in [3.8, 4) is 0 Å². The molecule has 7 heteroatoms. The number of rotatable bonds is 6. The van der Waals surface area contributed by atoms with Crippen molar-refractivity contribution >= 4 is 34.5 Å². The molecule has 0 radical (unpaired) electrons. The molecule has 6 nitrogen and oxygen atoms in total. The molecule has 0 bridgehead atoms. The lowest BCUT2D eigenvalue weighted by Crippen LogP contribution is -2.13. The van der Waals surface area contributed by atoms with Gasteiger partial charge in [0.1, 0.15) is 0 Å². The molecule has 0 aliphatic heterocycles. The fourth-order valence-electron chi connectivity index (χ4n) is 2.49. The Morgan fingerprint density at radius 2 is 1.81 bits per heavy atom. The fourth-order valence-corrected chi connectivity index (χ4v) is 3.11. The van der Waals surface area contributed by atoms with E-state index in [1.54, 1.807) is 36.4 Å². The first-order valence-electron chi connectivity index (χ1n) is 8.32. The summed E-state index contributed by atoms with van der Waals surface area (Å²) in [7, 11) is 0. The van der Waals surface area contributed by atoms with Gasteiger partial charge in [-0.25, -0.2) is 0 Å². The lowest BCUT2D eigenvalue weighted by atomic mass is 10.1. The molecule has 2 aromatic heterocycles. The summed E-state index contributed by atoms with van der Waals surface area (Å²) in [5.41, 5.74) is 2.48. The molecule has 134 valence electrons. The number of anilines is 2. The highest BCUT2D eigenvalue weighted by atomic mass is 32.1. The van der Waals surface area contributed by atoms with Crippen LogP contribution in [-0.2, 0) is 6.42 Å². The molecule has 3 N–H and O–H groups in total. The Kier molecular flexibility index (Phi) is 5.48. The third kappa shape index (κ3) is 4.58. The number of carbonyl (C=O) groups excluding carboxylic acids is 2. The highest BCUT2D eigenvalue weighted by Crippen LogP contribution is 2.18. The van der Waals surface area contributed by atoms with Crippen LogP contribution in [0.2, 0.25) is 0 Å². The molecule has 1 aromatic carbocycles. The van der Waals surface area contributed by atoms with E-state index in [1.807, 2.05) is 11.4 Å². The SMILES string of the molecule is CC(C)Cc1cc(C(=O)Nc2cccc(NC(=O)c3cccs3)c2)n[nH]1. The lowest BCUT2D eigenvalue weighted by molar-refractivity contribution is 0.101. The minimum absolute atomic E-state index is 0.172. The van der Waals surface area contributed by atoms with Gasteiger partial charge >= 0.3 is 0 Å². The van der Waals surface area contributed by atoms with Crippen molar-refractivity contribution < 1.29 is 9.59 Å². The van der Waals surface area contributed by atoms with Crippen molar-refractivity contribution in [3.05, 3.63) is 64.1 Å². The average Bonchev–Trinajstić information content (AvgIpc) is 3.26.